The second kappa shape index (κ2) is 5.00. The molecule has 0 spiro atoms. The third kappa shape index (κ3) is 2.44. The molecule has 3 aromatic rings. The molecule has 0 unspecified atom stereocenters. The monoisotopic (exact) mass is 268 g/mol. The second-order valence-electron chi connectivity index (χ2n) is 4.28. The molecule has 0 saturated heterocycles. The maximum Gasteiger partial charge on any atom is 0.271 e. The average Bonchev–Trinajstić information content (AvgIpc) is 3.06. The number of carbonyl (C=O) groups is 1. The number of fused-ring (bicyclic) bond motifs is 1. The number of hydrazone groups is 1. The second-order valence-corrected chi connectivity index (χ2v) is 4.28. The van der Waals surface area contributed by atoms with Gasteiger partial charge in [-0.15, -0.1) is 0 Å². The van der Waals surface area contributed by atoms with Gasteiger partial charge in [-0.05, 0) is 37.3 Å². The van der Waals surface area contributed by atoms with Gasteiger partial charge in [0.25, 0.3) is 5.91 Å². The molecule has 3 rings (SSSR count). The van der Waals surface area contributed by atoms with Crippen LogP contribution in [0, 0.1) is 6.92 Å². The number of rotatable bonds is 3. The molecule has 2 heterocycles. The lowest BCUT2D eigenvalue weighted by atomic mass is 10.2. The van der Waals surface area contributed by atoms with Crippen LogP contribution in [0.2, 0.25) is 0 Å². The molecular weight excluding hydrogens is 256 g/mol. The van der Waals surface area contributed by atoms with Crippen LogP contribution in [0.1, 0.15) is 21.9 Å². The van der Waals surface area contributed by atoms with Crippen LogP contribution >= 0.6 is 0 Å². The lowest BCUT2D eigenvalue weighted by molar-refractivity contribution is 0.0955. The topological polar surface area (TPSA) is 83.3 Å². The number of hydrogen-bond donors (Lipinski definition) is 2. The van der Waals surface area contributed by atoms with Gasteiger partial charge in [0, 0.05) is 5.56 Å². The number of nitrogens with zero attached hydrogens (tertiary/aromatic N) is 2. The highest BCUT2D eigenvalue weighted by molar-refractivity contribution is 5.97. The molecule has 2 aromatic heterocycles. The van der Waals surface area contributed by atoms with E-state index < -0.39 is 0 Å². The molecule has 2 N–H and O–H groups in total. The van der Waals surface area contributed by atoms with Crippen molar-refractivity contribution < 1.29 is 9.21 Å². The minimum absolute atomic E-state index is 0.291. The lowest BCUT2D eigenvalue weighted by Gasteiger charge is -1.99. The van der Waals surface area contributed by atoms with E-state index in [4.69, 9.17) is 4.42 Å². The van der Waals surface area contributed by atoms with Gasteiger partial charge in [0.2, 0.25) is 0 Å². The van der Waals surface area contributed by atoms with Crippen LogP contribution in [0.4, 0.5) is 0 Å². The van der Waals surface area contributed by atoms with Crippen molar-refractivity contribution in [2.45, 2.75) is 6.92 Å². The summed E-state index contributed by atoms with van der Waals surface area (Å²) in [5.74, 6) is 1.09. The average molecular weight is 268 g/mol. The van der Waals surface area contributed by atoms with Crippen LogP contribution in [0.15, 0.2) is 46.2 Å². The van der Waals surface area contributed by atoms with Crippen molar-refractivity contribution in [1.29, 1.82) is 0 Å². The molecule has 20 heavy (non-hydrogen) atoms. The highest BCUT2D eigenvalue weighted by atomic mass is 16.3. The summed E-state index contributed by atoms with van der Waals surface area (Å²) in [6.45, 7) is 1.84. The Morgan fingerprint density at radius 3 is 3.10 bits per heavy atom. The first kappa shape index (κ1) is 12.2. The molecule has 1 aromatic carbocycles. The normalized spacial score (nSPS) is 11.2. The number of aromatic amines is 1. The van der Waals surface area contributed by atoms with Gasteiger partial charge in [-0.2, -0.15) is 5.10 Å². The molecule has 0 fully saturated rings. The Labute approximate surface area is 114 Å². The van der Waals surface area contributed by atoms with Gasteiger partial charge in [-0.25, -0.2) is 10.4 Å². The van der Waals surface area contributed by atoms with Crippen molar-refractivity contribution in [2.24, 2.45) is 5.10 Å². The molecule has 0 atom stereocenters. The summed E-state index contributed by atoms with van der Waals surface area (Å²) in [5.41, 5.74) is 4.58. The minimum Gasteiger partial charge on any atom is -0.460 e. The Balaban J connectivity index is 1.70. The number of furan rings is 1. The van der Waals surface area contributed by atoms with Crippen LogP contribution in [0.3, 0.4) is 0 Å². The van der Waals surface area contributed by atoms with Crippen molar-refractivity contribution in [1.82, 2.24) is 15.4 Å². The number of nitrogens with one attached hydrogen (secondary N) is 2. The standard InChI is InChI=1S/C14H12N4O2/c1-9-2-4-11(20-9)7-17-18-14(19)10-3-5-12-13(6-10)16-8-15-12/h2-8H,1H3,(H,15,16)(H,18,19)/b17-7+. The zero-order chi connectivity index (χ0) is 13.9. The van der Waals surface area contributed by atoms with Gasteiger partial charge in [-0.3, -0.25) is 4.79 Å². The van der Waals surface area contributed by atoms with Gasteiger partial charge < -0.3 is 9.40 Å². The lowest BCUT2D eigenvalue weighted by Crippen LogP contribution is -2.17. The third-order valence-electron chi connectivity index (χ3n) is 2.80. The van der Waals surface area contributed by atoms with Gasteiger partial charge in [-0.1, -0.05) is 0 Å². The van der Waals surface area contributed by atoms with Crippen LogP contribution in [0.5, 0.6) is 0 Å². The first-order chi connectivity index (χ1) is 9.72. The van der Waals surface area contributed by atoms with E-state index in [9.17, 15) is 4.79 Å². The molecule has 0 aliphatic rings. The number of aryl methyl sites for hydroxylation is 1. The quantitative estimate of drug-likeness (QED) is 0.564. The molecule has 1 amide bonds. The smallest absolute Gasteiger partial charge is 0.271 e. The van der Waals surface area contributed by atoms with Crippen molar-refractivity contribution >= 4 is 23.2 Å². The molecule has 0 aliphatic heterocycles. The number of aromatic nitrogens is 2. The summed E-state index contributed by atoms with van der Waals surface area (Å²) in [4.78, 5) is 19.0. The fraction of sp³-hybridized carbons (Fsp3) is 0.0714. The van der Waals surface area contributed by atoms with E-state index in [1.807, 2.05) is 13.0 Å². The van der Waals surface area contributed by atoms with Crippen molar-refractivity contribution in [2.75, 3.05) is 0 Å². The summed E-state index contributed by atoms with van der Waals surface area (Å²) < 4.78 is 5.30. The predicted molar refractivity (Wildman–Crippen MR) is 74.6 cm³/mol. The van der Waals surface area contributed by atoms with E-state index in [1.54, 1.807) is 30.6 Å². The summed E-state index contributed by atoms with van der Waals surface area (Å²) in [5, 5.41) is 3.85. The molecule has 6 heteroatoms. The number of amides is 1. The Hall–Kier alpha value is -2.89. The Morgan fingerprint density at radius 2 is 2.30 bits per heavy atom. The van der Waals surface area contributed by atoms with E-state index in [2.05, 4.69) is 20.5 Å². The molecule has 0 bridgehead atoms. The molecule has 0 radical (unpaired) electrons. The van der Waals surface area contributed by atoms with Gasteiger partial charge in [0.1, 0.15) is 11.5 Å². The van der Waals surface area contributed by atoms with Crippen LogP contribution in [-0.4, -0.2) is 22.1 Å². The van der Waals surface area contributed by atoms with Gasteiger partial charge >= 0.3 is 0 Å². The van der Waals surface area contributed by atoms with Crippen molar-refractivity contribution in [3.8, 4) is 0 Å². The van der Waals surface area contributed by atoms with Gasteiger partial charge in [0.15, 0.2) is 0 Å². The third-order valence-corrected chi connectivity index (χ3v) is 2.80. The van der Waals surface area contributed by atoms with E-state index in [0.717, 1.165) is 16.8 Å². The number of hydrogen-bond acceptors (Lipinski definition) is 4. The molecule has 100 valence electrons. The largest absolute Gasteiger partial charge is 0.460 e. The van der Waals surface area contributed by atoms with Crippen LogP contribution < -0.4 is 5.43 Å². The van der Waals surface area contributed by atoms with E-state index in [1.165, 1.54) is 6.21 Å². The fourth-order valence-electron chi connectivity index (χ4n) is 1.82. The van der Waals surface area contributed by atoms with E-state index in [0.29, 0.717) is 11.3 Å². The molecule has 6 nitrogen and oxygen atoms in total. The summed E-state index contributed by atoms with van der Waals surface area (Å²) in [6, 6.07) is 8.81. The predicted octanol–water partition coefficient (Wildman–Crippen LogP) is 2.23. The van der Waals surface area contributed by atoms with Crippen LogP contribution in [0.25, 0.3) is 11.0 Å². The van der Waals surface area contributed by atoms with Crippen molar-refractivity contribution in [3.63, 3.8) is 0 Å². The van der Waals surface area contributed by atoms with E-state index in [-0.39, 0.29) is 5.91 Å². The Morgan fingerprint density at radius 1 is 1.40 bits per heavy atom. The van der Waals surface area contributed by atoms with Gasteiger partial charge in [0.05, 0.1) is 23.6 Å². The Kier molecular flexibility index (Phi) is 3.04. The molecular formula is C14H12N4O2. The first-order valence-corrected chi connectivity index (χ1v) is 6.05. The zero-order valence-electron chi connectivity index (χ0n) is 10.8. The number of carbonyl (C=O) groups excluding carboxylic acids is 1. The minimum atomic E-state index is -0.291. The summed E-state index contributed by atoms with van der Waals surface area (Å²) >= 11 is 0. The van der Waals surface area contributed by atoms with Crippen LogP contribution in [-0.2, 0) is 0 Å². The number of benzene rings is 1. The van der Waals surface area contributed by atoms with Crippen molar-refractivity contribution in [3.05, 3.63) is 53.7 Å². The highest BCUT2D eigenvalue weighted by Gasteiger charge is 2.06. The first-order valence-electron chi connectivity index (χ1n) is 6.05. The maximum atomic E-state index is 11.9. The zero-order valence-corrected chi connectivity index (χ0v) is 10.8. The highest BCUT2D eigenvalue weighted by Crippen LogP contribution is 2.11. The Bertz CT molecular complexity index is 785. The maximum absolute atomic E-state index is 11.9. The number of H-pyrrole nitrogens is 1. The molecule has 0 saturated carbocycles. The summed E-state index contributed by atoms with van der Waals surface area (Å²) in [6.07, 6.45) is 3.05. The van der Waals surface area contributed by atoms with E-state index >= 15 is 0 Å². The summed E-state index contributed by atoms with van der Waals surface area (Å²) in [7, 11) is 0. The fourth-order valence-corrected chi connectivity index (χ4v) is 1.82. The SMILES string of the molecule is Cc1ccc(/C=N/NC(=O)c2ccc3nc[nH]c3c2)o1. The molecule has 0 aliphatic carbocycles. The number of imidazole rings is 1.